The fourth-order valence-electron chi connectivity index (χ4n) is 6.95. The van der Waals surface area contributed by atoms with E-state index in [1.807, 2.05) is 35.2 Å². The smallest absolute Gasteiger partial charge is 0.254 e. The molecule has 1 amide bonds. The highest BCUT2D eigenvalue weighted by Gasteiger charge is 2.30. The molecule has 2 aliphatic rings. The summed E-state index contributed by atoms with van der Waals surface area (Å²) in [6.07, 6.45) is 9.96. The number of anilines is 1. The second-order valence-electron chi connectivity index (χ2n) is 14.3. The van der Waals surface area contributed by atoms with Gasteiger partial charge in [-0.15, -0.1) is 0 Å². The van der Waals surface area contributed by atoms with Crippen molar-refractivity contribution in [1.29, 1.82) is 0 Å². The lowest BCUT2D eigenvalue weighted by Crippen LogP contribution is -2.46. The predicted molar refractivity (Wildman–Crippen MR) is 191 cm³/mol. The first-order chi connectivity index (χ1) is 22.6. The van der Waals surface area contributed by atoms with Gasteiger partial charge < -0.3 is 9.64 Å². The summed E-state index contributed by atoms with van der Waals surface area (Å²) in [4.78, 5) is 31.8. The standard InChI is InChI=1S/C39H47N5O2S/c1-26-11-9-12-27(2)36(26)34-22-35-42-38(41-34)43-47-33-16-10-15-29(21-33)37(45)44(32(25-46-35)23-39(3,4)5)20-19-31-18-17-30(24-40-31)28-13-7-6-8-14-28/h9-12,15-18,21-22,24,28,32H,6-8,13-14,19-20,23,25H2,1-5H3,(H,41,42,43)/t32-/m1/s1. The van der Waals surface area contributed by atoms with Crippen molar-refractivity contribution in [3.8, 4) is 17.1 Å². The molecule has 0 radical (unpaired) electrons. The third-order valence-corrected chi connectivity index (χ3v) is 10.1. The number of aromatic nitrogens is 3. The summed E-state index contributed by atoms with van der Waals surface area (Å²) in [6, 6.07) is 20.2. The number of amides is 1. The van der Waals surface area contributed by atoms with Crippen molar-refractivity contribution in [3.63, 3.8) is 0 Å². The summed E-state index contributed by atoms with van der Waals surface area (Å²) >= 11 is 1.39. The highest BCUT2D eigenvalue weighted by atomic mass is 32.2. The second kappa shape index (κ2) is 14.5. The maximum atomic E-state index is 14.4. The molecule has 1 atom stereocenters. The quantitative estimate of drug-likeness (QED) is 0.209. The van der Waals surface area contributed by atoms with E-state index in [2.05, 4.69) is 75.9 Å². The summed E-state index contributed by atoms with van der Waals surface area (Å²) in [6.45, 7) is 11.7. The Kier molecular flexibility index (Phi) is 10.2. The van der Waals surface area contributed by atoms with E-state index in [1.165, 1.54) is 49.6 Å². The van der Waals surface area contributed by atoms with Crippen LogP contribution in [0.25, 0.3) is 11.3 Å². The van der Waals surface area contributed by atoms with Gasteiger partial charge in [0.05, 0.1) is 11.7 Å². The molecular formula is C39H47N5O2S. The summed E-state index contributed by atoms with van der Waals surface area (Å²) in [5, 5.41) is 0. The zero-order chi connectivity index (χ0) is 33.0. The van der Waals surface area contributed by atoms with Gasteiger partial charge in [-0.25, -0.2) is 4.98 Å². The van der Waals surface area contributed by atoms with E-state index in [9.17, 15) is 4.79 Å². The highest BCUT2D eigenvalue weighted by molar-refractivity contribution is 8.00. The molecule has 3 heterocycles. The molecule has 47 heavy (non-hydrogen) atoms. The fraction of sp³-hybridized carbons (Fsp3) is 0.436. The monoisotopic (exact) mass is 649 g/mol. The van der Waals surface area contributed by atoms with Gasteiger partial charge in [0.1, 0.15) is 6.61 Å². The molecule has 8 heteroatoms. The number of ether oxygens (including phenoxy) is 1. The number of hydrogen-bond acceptors (Lipinski definition) is 7. The number of nitrogens with one attached hydrogen (secondary N) is 1. The number of aryl methyl sites for hydroxylation is 2. The van der Waals surface area contributed by atoms with Gasteiger partial charge in [-0.2, -0.15) is 4.98 Å². The van der Waals surface area contributed by atoms with Gasteiger partial charge >= 0.3 is 0 Å². The zero-order valence-corrected chi connectivity index (χ0v) is 29.2. The second-order valence-corrected chi connectivity index (χ2v) is 15.2. The van der Waals surface area contributed by atoms with Crippen LogP contribution in [0.4, 0.5) is 5.95 Å². The number of rotatable bonds is 6. The molecule has 2 aromatic heterocycles. The molecule has 1 fully saturated rings. The first kappa shape index (κ1) is 33.0. The Bertz CT molecular complexity index is 1670. The topological polar surface area (TPSA) is 80.2 Å². The summed E-state index contributed by atoms with van der Waals surface area (Å²) < 4.78 is 9.84. The summed E-state index contributed by atoms with van der Waals surface area (Å²) in [5.74, 6) is 1.57. The average molecular weight is 650 g/mol. The maximum absolute atomic E-state index is 14.4. The van der Waals surface area contributed by atoms with Gasteiger partial charge in [0.15, 0.2) is 0 Å². The molecule has 246 valence electrons. The van der Waals surface area contributed by atoms with Crippen LogP contribution in [0.5, 0.6) is 5.88 Å². The third-order valence-electron chi connectivity index (χ3n) is 9.29. The van der Waals surface area contributed by atoms with Crippen molar-refractivity contribution in [2.75, 3.05) is 17.9 Å². The van der Waals surface area contributed by atoms with Crippen molar-refractivity contribution in [2.45, 2.75) is 96.4 Å². The van der Waals surface area contributed by atoms with Crippen LogP contribution in [0, 0.1) is 19.3 Å². The molecule has 1 aliphatic heterocycles. The normalized spacial score (nSPS) is 17.6. The molecule has 7 nitrogen and oxygen atoms in total. The minimum atomic E-state index is -0.184. The maximum Gasteiger partial charge on any atom is 0.254 e. The lowest BCUT2D eigenvalue weighted by atomic mass is 9.85. The average Bonchev–Trinajstić information content (AvgIpc) is 3.06. The lowest BCUT2D eigenvalue weighted by Gasteiger charge is -2.36. The Hall–Kier alpha value is -3.91. The van der Waals surface area contributed by atoms with E-state index in [-0.39, 0.29) is 17.4 Å². The van der Waals surface area contributed by atoms with Crippen molar-refractivity contribution in [2.24, 2.45) is 5.41 Å². The van der Waals surface area contributed by atoms with Crippen molar-refractivity contribution >= 4 is 23.8 Å². The van der Waals surface area contributed by atoms with Gasteiger partial charge in [0, 0.05) is 46.9 Å². The van der Waals surface area contributed by atoms with Crippen LogP contribution in [0.3, 0.4) is 0 Å². The first-order valence-electron chi connectivity index (χ1n) is 17.0. The fourth-order valence-corrected chi connectivity index (χ4v) is 7.58. The third kappa shape index (κ3) is 8.33. The number of benzene rings is 2. The van der Waals surface area contributed by atoms with Crippen LogP contribution in [0.2, 0.25) is 0 Å². The Morgan fingerprint density at radius 1 is 0.957 bits per heavy atom. The Balaban J connectivity index is 1.33. The molecule has 4 bridgehead atoms. The van der Waals surface area contributed by atoms with Gasteiger partial charge in [0.25, 0.3) is 5.91 Å². The van der Waals surface area contributed by atoms with Crippen molar-refractivity contribution in [1.82, 2.24) is 19.9 Å². The summed E-state index contributed by atoms with van der Waals surface area (Å²) in [5.41, 5.74) is 7.12. The molecular weight excluding hydrogens is 603 g/mol. The minimum Gasteiger partial charge on any atom is -0.475 e. The van der Waals surface area contributed by atoms with Crippen molar-refractivity contribution in [3.05, 3.63) is 94.8 Å². The number of pyridine rings is 1. The van der Waals surface area contributed by atoms with E-state index in [1.54, 1.807) is 0 Å². The minimum absolute atomic E-state index is 0.00242. The Labute approximate surface area is 284 Å². The zero-order valence-electron chi connectivity index (χ0n) is 28.4. The van der Waals surface area contributed by atoms with Crippen LogP contribution in [-0.2, 0) is 6.42 Å². The van der Waals surface area contributed by atoms with Crippen LogP contribution in [0.15, 0.2) is 71.8 Å². The van der Waals surface area contributed by atoms with Crippen LogP contribution >= 0.6 is 11.9 Å². The SMILES string of the molecule is Cc1cccc(C)c1-c1cc2nc(n1)NSc1cccc(c1)C(=O)N(CCc1ccc(C3CCCCC3)cn1)[C@H](CC(C)(C)C)CO2. The van der Waals surface area contributed by atoms with Gasteiger partial charge in [0.2, 0.25) is 11.8 Å². The van der Waals surface area contributed by atoms with Gasteiger partial charge in [-0.05, 0) is 97.3 Å². The van der Waals surface area contributed by atoms with E-state index in [0.717, 1.165) is 39.4 Å². The van der Waals surface area contributed by atoms with Crippen LogP contribution < -0.4 is 9.46 Å². The molecule has 0 saturated heterocycles. The number of nitrogens with zero attached hydrogens (tertiary/aromatic N) is 4. The highest BCUT2D eigenvalue weighted by Crippen LogP contribution is 2.34. The van der Waals surface area contributed by atoms with E-state index in [4.69, 9.17) is 19.7 Å². The molecule has 4 aromatic rings. The van der Waals surface area contributed by atoms with Crippen molar-refractivity contribution < 1.29 is 9.53 Å². The first-order valence-corrected chi connectivity index (χ1v) is 17.8. The molecule has 6 rings (SSSR count). The number of carbonyl (C=O) groups excluding carboxylic acids is 1. The molecule has 1 aliphatic carbocycles. The number of fused-ring (bicyclic) bond motifs is 4. The Morgan fingerprint density at radius 2 is 1.72 bits per heavy atom. The Morgan fingerprint density at radius 3 is 2.45 bits per heavy atom. The number of carbonyl (C=O) groups is 1. The van der Waals surface area contributed by atoms with Gasteiger partial charge in [-0.3, -0.25) is 14.5 Å². The summed E-state index contributed by atoms with van der Waals surface area (Å²) in [7, 11) is 0. The predicted octanol–water partition coefficient (Wildman–Crippen LogP) is 9.20. The largest absolute Gasteiger partial charge is 0.475 e. The van der Waals surface area contributed by atoms with E-state index >= 15 is 0 Å². The van der Waals surface area contributed by atoms with E-state index < -0.39 is 0 Å². The molecule has 0 spiro atoms. The van der Waals surface area contributed by atoms with Gasteiger partial charge in [-0.1, -0.05) is 70.4 Å². The van der Waals surface area contributed by atoms with Crippen LogP contribution in [0.1, 0.15) is 98.0 Å². The molecule has 0 unspecified atom stereocenters. The van der Waals surface area contributed by atoms with Crippen LogP contribution in [-0.4, -0.2) is 45.0 Å². The molecule has 1 N–H and O–H groups in total. The lowest BCUT2D eigenvalue weighted by molar-refractivity contribution is 0.0540. The number of hydrogen-bond donors (Lipinski definition) is 1. The van der Waals surface area contributed by atoms with E-state index in [0.29, 0.717) is 42.9 Å². The molecule has 1 saturated carbocycles. The molecule has 2 aromatic carbocycles.